The van der Waals surface area contributed by atoms with Crippen molar-refractivity contribution in [3.05, 3.63) is 89.5 Å². The van der Waals surface area contributed by atoms with Crippen LogP contribution >= 0.6 is 11.6 Å². The lowest BCUT2D eigenvalue weighted by Crippen LogP contribution is -2.18. The molecule has 4 rings (SSSR count). The van der Waals surface area contributed by atoms with Gasteiger partial charge in [-0.2, -0.15) is 5.10 Å². The fourth-order valence-corrected chi connectivity index (χ4v) is 4.36. The summed E-state index contributed by atoms with van der Waals surface area (Å²) in [5, 5.41) is 12.9. The minimum absolute atomic E-state index is 0.0408. The molecule has 0 spiro atoms. The summed E-state index contributed by atoms with van der Waals surface area (Å²) in [7, 11) is -4.11. The van der Waals surface area contributed by atoms with Gasteiger partial charge in [0.05, 0.1) is 18.3 Å². The van der Waals surface area contributed by atoms with Gasteiger partial charge in [0.25, 0.3) is 0 Å². The molecule has 0 fully saturated rings. The molecule has 0 saturated carbocycles. The molecular formula is C23H20ClN5O3S. The number of nitrogens with one attached hydrogen (secondary N) is 1. The third-order valence-corrected chi connectivity index (χ3v) is 6.32. The maximum Gasteiger partial charge on any atom is 0.240 e. The second-order valence-electron chi connectivity index (χ2n) is 7.35. The maximum atomic E-state index is 12.5. The molecule has 0 bridgehead atoms. The van der Waals surface area contributed by atoms with Crippen LogP contribution in [0.2, 0.25) is 5.02 Å². The van der Waals surface area contributed by atoms with E-state index in [1.807, 2.05) is 19.1 Å². The Balaban J connectivity index is 1.64. The highest BCUT2D eigenvalue weighted by Gasteiger charge is 2.19. The van der Waals surface area contributed by atoms with Gasteiger partial charge in [-0.15, -0.1) is 0 Å². The molecule has 2 aromatic heterocycles. The van der Waals surface area contributed by atoms with Crippen LogP contribution in [0.15, 0.2) is 78.1 Å². The van der Waals surface area contributed by atoms with E-state index in [1.165, 1.54) is 16.8 Å². The summed E-state index contributed by atoms with van der Waals surface area (Å²) in [5.41, 5.74) is 3.68. The number of rotatable bonds is 6. The number of anilines is 1. The first-order chi connectivity index (χ1) is 15.7. The van der Waals surface area contributed by atoms with Gasteiger partial charge in [-0.1, -0.05) is 35.9 Å². The first-order valence-corrected chi connectivity index (χ1v) is 11.8. The number of hydrogen-bond acceptors (Lipinski definition) is 5. The quantitative estimate of drug-likeness (QED) is 0.434. The Morgan fingerprint density at radius 2 is 1.94 bits per heavy atom. The minimum atomic E-state index is -4.11. The Hall–Kier alpha value is -3.53. The van der Waals surface area contributed by atoms with E-state index in [0.717, 1.165) is 16.8 Å². The molecule has 2 aromatic carbocycles. The number of carbonyl (C=O) groups is 1. The van der Waals surface area contributed by atoms with Gasteiger partial charge < -0.3 is 5.32 Å². The van der Waals surface area contributed by atoms with Gasteiger partial charge in [-0.3, -0.25) is 9.78 Å². The number of nitrogens with zero attached hydrogens (tertiary/aromatic N) is 3. The number of primary sulfonamides is 1. The summed E-state index contributed by atoms with van der Waals surface area (Å²) >= 11 is 6.11. The van der Waals surface area contributed by atoms with E-state index >= 15 is 0 Å². The van der Waals surface area contributed by atoms with Crippen molar-refractivity contribution in [2.75, 3.05) is 5.32 Å². The van der Waals surface area contributed by atoms with Gasteiger partial charge in [-0.25, -0.2) is 18.2 Å². The molecule has 10 heteroatoms. The lowest BCUT2D eigenvalue weighted by atomic mass is 10.1. The largest absolute Gasteiger partial charge is 0.326 e. The summed E-state index contributed by atoms with van der Waals surface area (Å²) < 4.78 is 26.1. The summed E-state index contributed by atoms with van der Waals surface area (Å²) in [6.07, 6.45) is 5.06. The number of benzene rings is 2. The summed E-state index contributed by atoms with van der Waals surface area (Å²) in [5.74, 6) is -0.343. The third-order valence-electron chi connectivity index (χ3n) is 5.01. The number of halogens is 1. The molecular weight excluding hydrogens is 462 g/mol. The molecule has 0 radical (unpaired) electrons. The van der Waals surface area contributed by atoms with Crippen molar-refractivity contribution in [2.45, 2.75) is 18.2 Å². The van der Waals surface area contributed by atoms with Crippen molar-refractivity contribution in [1.29, 1.82) is 0 Å². The molecule has 0 saturated heterocycles. The lowest BCUT2D eigenvalue weighted by molar-refractivity contribution is -0.115. The number of aryl methyl sites for hydroxylation is 1. The SMILES string of the molecule is Cc1ncccc1-c1cnn(-c2ccc(NC(=O)Cc3ccccc3Cl)cc2S(N)(=O)=O)c1. The average molecular weight is 482 g/mol. The number of pyridine rings is 1. The second-order valence-corrected chi connectivity index (χ2v) is 9.29. The number of carbonyl (C=O) groups excluding carboxylic acids is 1. The molecule has 0 aliphatic heterocycles. The van der Waals surface area contributed by atoms with Crippen molar-refractivity contribution in [3.63, 3.8) is 0 Å². The van der Waals surface area contributed by atoms with Crippen LogP contribution in [0, 0.1) is 6.92 Å². The molecule has 2 heterocycles. The van der Waals surface area contributed by atoms with E-state index < -0.39 is 10.0 Å². The van der Waals surface area contributed by atoms with Crippen LogP contribution in [0.1, 0.15) is 11.3 Å². The van der Waals surface area contributed by atoms with Crippen LogP contribution in [-0.4, -0.2) is 29.1 Å². The number of sulfonamides is 1. The van der Waals surface area contributed by atoms with Gasteiger partial charge >= 0.3 is 0 Å². The zero-order valence-corrected chi connectivity index (χ0v) is 19.1. The monoisotopic (exact) mass is 481 g/mol. The zero-order valence-electron chi connectivity index (χ0n) is 17.6. The predicted molar refractivity (Wildman–Crippen MR) is 127 cm³/mol. The van der Waals surface area contributed by atoms with Crippen LogP contribution in [0.3, 0.4) is 0 Å². The smallest absolute Gasteiger partial charge is 0.240 e. The van der Waals surface area contributed by atoms with Crippen molar-refractivity contribution in [1.82, 2.24) is 14.8 Å². The van der Waals surface area contributed by atoms with Gasteiger partial charge in [0, 0.05) is 39.9 Å². The highest BCUT2D eigenvalue weighted by atomic mass is 35.5. The molecule has 0 atom stereocenters. The molecule has 4 aromatic rings. The Kier molecular flexibility index (Phi) is 6.28. The van der Waals surface area contributed by atoms with Gasteiger partial charge in [0.1, 0.15) is 4.90 Å². The fourth-order valence-electron chi connectivity index (χ4n) is 3.41. The minimum Gasteiger partial charge on any atom is -0.326 e. The predicted octanol–water partition coefficient (Wildman–Crippen LogP) is 3.72. The first-order valence-electron chi connectivity index (χ1n) is 9.89. The number of hydrogen-bond donors (Lipinski definition) is 2. The number of nitrogens with two attached hydrogens (primary N) is 1. The van der Waals surface area contributed by atoms with Crippen LogP contribution in [-0.2, 0) is 21.2 Å². The first kappa shape index (κ1) is 22.7. The van der Waals surface area contributed by atoms with Gasteiger partial charge in [0.2, 0.25) is 15.9 Å². The van der Waals surface area contributed by atoms with Gasteiger partial charge in [-0.05, 0) is 42.8 Å². The van der Waals surface area contributed by atoms with Crippen molar-refractivity contribution < 1.29 is 13.2 Å². The highest BCUT2D eigenvalue weighted by Crippen LogP contribution is 2.27. The van der Waals surface area contributed by atoms with Crippen LogP contribution in [0.25, 0.3) is 16.8 Å². The van der Waals surface area contributed by atoms with E-state index in [4.69, 9.17) is 16.7 Å². The third kappa shape index (κ3) is 5.11. The fraction of sp³-hybridized carbons (Fsp3) is 0.0870. The number of amides is 1. The molecule has 0 aliphatic carbocycles. The number of aromatic nitrogens is 3. The molecule has 8 nitrogen and oxygen atoms in total. The molecule has 0 aliphatic rings. The highest BCUT2D eigenvalue weighted by molar-refractivity contribution is 7.89. The lowest BCUT2D eigenvalue weighted by Gasteiger charge is -2.12. The molecule has 168 valence electrons. The molecule has 0 unspecified atom stereocenters. The average Bonchev–Trinajstić information content (AvgIpc) is 3.25. The van der Waals surface area contributed by atoms with E-state index in [1.54, 1.807) is 48.9 Å². The van der Waals surface area contributed by atoms with E-state index in [0.29, 0.717) is 10.6 Å². The second kappa shape index (κ2) is 9.14. The Bertz CT molecular complexity index is 1450. The summed E-state index contributed by atoms with van der Waals surface area (Å²) in [6, 6.07) is 15.2. The summed E-state index contributed by atoms with van der Waals surface area (Å²) in [6.45, 7) is 1.88. The Morgan fingerprint density at radius 1 is 1.15 bits per heavy atom. The standard InChI is InChI=1S/C23H20ClN5O3S/c1-15-19(6-4-10-26-15)17-13-27-29(14-17)21-9-8-18(12-22(21)33(25,31)32)28-23(30)11-16-5-2-3-7-20(16)24/h2-10,12-14H,11H2,1H3,(H,28,30)(H2,25,31,32). The van der Waals surface area contributed by atoms with E-state index in [2.05, 4.69) is 15.4 Å². The topological polar surface area (TPSA) is 120 Å². The van der Waals surface area contributed by atoms with Crippen molar-refractivity contribution in [2.24, 2.45) is 5.14 Å². The van der Waals surface area contributed by atoms with Crippen LogP contribution < -0.4 is 10.5 Å². The Morgan fingerprint density at radius 3 is 2.67 bits per heavy atom. The molecule has 3 N–H and O–H groups in total. The molecule has 1 amide bonds. The zero-order chi connectivity index (χ0) is 23.6. The van der Waals surface area contributed by atoms with Crippen molar-refractivity contribution in [3.8, 4) is 16.8 Å². The maximum absolute atomic E-state index is 12.5. The van der Waals surface area contributed by atoms with Crippen LogP contribution in [0.4, 0.5) is 5.69 Å². The molecule has 33 heavy (non-hydrogen) atoms. The van der Waals surface area contributed by atoms with Crippen molar-refractivity contribution >= 4 is 33.2 Å². The normalized spacial score (nSPS) is 11.4. The van der Waals surface area contributed by atoms with Crippen LogP contribution in [0.5, 0.6) is 0 Å². The van der Waals surface area contributed by atoms with Gasteiger partial charge in [0.15, 0.2) is 0 Å². The van der Waals surface area contributed by atoms with E-state index in [-0.39, 0.29) is 28.6 Å². The summed E-state index contributed by atoms with van der Waals surface area (Å²) in [4.78, 5) is 16.6. The Labute approximate surface area is 196 Å². The van der Waals surface area contributed by atoms with E-state index in [9.17, 15) is 13.2 Å².